The second kappa shape index (κ2) is 7.89. The van der Waals surface area contributed by atoms with Gasteiger partial charge in [0.15, 0.2) is 0 Å². The van der Waals surface area contributed by atoms with Crippen molar-refractivity contribution in [1.29, 1.82) is 0 Å². The van der Waals surface area contributed by atoms with E-state index in [-0.39, 0.29) is 5.97 Å². The molecule has 1 atom stereocenters. The first-order chi connectivity index (χ1) is 9.12. The van der Waals surface area contributed by atoms with Crippen molar-refractivity contribution in [2.24, 2.45) is 0 Å². The molecular formula is C13H24N4O2. The second-order valence-electron chi connectivity index (χ2n) is 4.70. The molecule has 19 heavy (non-hydrogen) atoms. The molecule has 1 unspecified atom stereocenters. The van der Waals surface area contributed by atoms with Crippen molar-refractivity contribution in [3.05, 3.63) is 12.7 Å². The van der Waals surface area contributed by atoms with Gasteiger partial charge in [-0.3, -0.25) is 9.48 Å². The molecule has 0 aromatic carbocycles. The first-order valence-corrected chi connectivity index (χ1v) is 6.87. The van der Waals surface area contributed by atoms with E-state index in [2.05, 4.69) is 15.4 Å². The molecule has 6 heteroatoms. The molecule has 0 aliphatic carbocycles. The third-order valence-electron chi connectivity index (χ3n) is 3.07. The molecule has 6 nitrogen and oxygen atoms in total. The number of carbonyl (C=O) groups excluding carboxylic acids is 1. The van der Waals surface area contributed by atoms with Crippen LogP contribution in [0.4, 0.5) is 0 Å². The van der Waals surface area contributed by atoms with E-state index < -0.39 is 5.54 Å². The molecule has 0 spiro atoms. The number of esters is 1. The van der Waals surface area contributed by atoms with Gasteiger partial charge in [-0.15, -0.1) is 0 Å². The zero-order valence-corrected chi connectivity index (χ0v) is 12.1. The summed E-state index contributed by atoms with van der Waals surface area (Å²) >= 11 is 0. The van der Waals surface area contributed by atoms with Crippen molar-refractivity contribution >= 4 is 5.97 Å². The van der Waals surface area contributed by atoms with E-state index in [0.29, 0.717) is 6.61 Å². The summed E-state index contributed by atoms with van der Waals surface area (Å²) in [6.07, 6.45) is 5.89. The Morgan fingerprint density at radius 2 is 2.21 bits per heavy atom. The number of unbranched alkanes of at least 4 members (excludes halogenated alkanes) is 1. The number of nitrogens with one attached hydrogen (secondary N) is 1. The molecule has 0 radical (unpaired) electrons. The Labute approximate surface area is 114 Å². The fourth-order valence-corrected chi connectivity index (χ4v) is 2.04. The summed E-state index contributed by atoms with van der Waals surface area (Å²) in [7, 11) is 0. The molecule has 0 saturated heterocycles. The third kappa shape index (κ3) is 4.98. The Bertz CT molecular complexity index is 367. The molecular weight excluding hydrogens is 244 g/mol. The highest BCUT2D eigenvalue weighted by Gasteiger charge is 2.32. The lowest BCUT2D eigenvalue weighted by Gasteiger charge is -2.28. The van der Waals surface area contributed by atoms with Crippen molar-refractivity contribution in [1.82, 2.24) is 20.1 Å². The zero-order valence-electron chi connectivity index (χ0n) is 12.1. The molecule has 1 N–H and O–H groups in total. The van der Waals surface area contributed by atoms with Gasteiger partial charge in [0.1, 0.15) is 18.2 Å². The first-order valence-electron chi connectivity index (χ1n) is 6.87. The van der Waals surface area contributed by atoms with Crippen molar-refractivity contribution in [3.63, 3.8) is 0 Å². The van der Waals surface area contributed by atoms with Crippen molar-refractivity contribution in [2.45, 2.75) is 52.1 Å². The van der Waals surface area contributed by atoms with Crippen LogP contribution >= 0.6 is 0 Å². The van der Waals surface area contributed by atoms with Crippen LogP contribution in [0.5, 0.6) is 0 Å². The lowest BCUT2D eigenvalue weighted by molar-refractivity contribution is -0.150. The standard InChI is InChI=1S/C13H24N4O2/c1-4-15-13(3,12(18)19-5-2)8-6-7-9-17-11-14-10-16-17/h10-11,15H,4-9H2,1-3H3. The van der Waals surface area contributed by atoms with E-state index >= 15 is 0 Å². The monoisotopic (exact) mass is 268 g/mol. The predicted molar refractivity (Wildman–Crippen MR) is 72.6 cm³/mol. The number of hydrogen-bond acceptors (Lipinski definition) is 5. The third-order valence-corrected chi connectivity index (χ3v) is 3.07. The minimum atomic E-state index is -0.590. The normalized spacial score (nSPS) is 14.1. The number of likely N-dealkylation sites (N-methyl/N-ethyl adjacent to an activating group) is 1. The lowest BCUT2D eigenvalue weighted by atomic mass is 9.94. The van der Waals surface area contributed by atoms with Crippen molar-refractivity contribution < 1.29 is 9.53 Å². The molecule has 0 bridgehead atoms. The Hall–Kier alpha value is -1.43. The van der Waals surface area contributed by atoms with Crippen molar-refractivity contribution in [3.8, 4) is 0 Å². The Kier molecular flexibility index (Phi) is 6.49. The lowest BCUT2D eigenvalue weighted by Crippen LogP contribution is -2.50. The highest BCUT2D eigenvalue weighted by Crippen LogP contribution is 2.16. The Morgan fingerprint density at radius 3 is 2.79 bits per heavy atom. The minimum absolute atomic E-state index is 0.169. The zero-order chi connectivity index (χ0) is 14.1. The maximum Gasteiger partial charge on any atom is 0.326 e. The van der Waals surface area contributed by atoms with E-state index in [4.69, 9.17) is 4.74 Å². The van der Waals surface area contributed by atoms with Gasteiger partial charge in [0.05, 0.1) is 6.61 Å². The van der Waals surface area contributed by atoms with Crippen LogP contribution < -0.4 is 5.32 Å². The SMILES string of the molecule is CCNC(C)(CCCCn1cncn1)C(=O)OCC. The number of carbonyl (C=O) groups is 1. The Balaban J connectivity index is 2.38. The molecule has 0 aliphatic heterocycles. The van der Waals surface area contributed by atoms with Crippen LogP contribution in [0, 0.1) is 0 Å². The maximum absolute atomic E-state index is 12.0. The molecule has 1 rings (SSSR count). The summed E-state index contributed by atoms with van der Waals surface area (Å²) in [6.45, 7) is 7.72. The molecule has 1 aromatic heterocycles. The van der Waals surface area contributed by atoms with Gasteiger partial charge in [0.2, 0.25) is 0 Å². The van der Waals surface area contributed by atoms with Crippen LogP contribution in [-0.4, -0.2) is 39.4 Å². The van der Waals surface area contributed by atoms with E-state index in [0.717, 1.165) is 32.4 Å². The predicted octanol–water partition coefficient (Wildman–Crippen LogP) is 1.38. The van der Waals surface area contributed by atoms with Gasteiger partial charge in [-0.1, -0.05) is 6.92 Å². The maximum atomic E-state index is 12.0. The second-order valence-corrected chi connectivity index (χ2v) is 4.70. The average Bonchev–Trinajstić information content (AvgIpc) is 2.88. The average molecular weight is 268 g/mol. The fraction of sp³-hybridized carbons (Fsp3) is 0.769. The quantitative estimate of drug-likeness (QED) is 0.541. The Morgan fingerprint density at radius 1 is 1.42 bits per heavy atom. The van der Waals surface area contributed by atoms with E-state index in [1.807, 2.05) is 20.8 Å². The number of aromatic nitrogens is 3. The van der Waals surface area contributed by atoms with Gasteiger partial charge in [-0.05, 0) is 39.7 Å². The summed E-state index contributed by atoms with van der Waals surface area (Å²) in [5.74, 6) is -0.169. The van der Waals surface area contributed by atoms with Gasteiger partial charge in [0, 0.05) is 6.54 Å². The van der Waals surface area contributed by atoms with Crippen LogP contribution in [0.25, 0.3) is 0 Å². The molecule has 1 heterocycles. The largest absolute Gasteiger partial charge is 0.465 e. The number of aryl methyl sites for hydroxylation is 1. The summed E-state index contributed by atoms with van der Waals surface area (Å²) in [5, 5.41) is 7.28. The molecule has 0 aliphatic rings. The summed E-state index contributed by atoms with van der Waals surface area (Å²) in [6, 6.07) is 0. The molecule has 0 amide bonds. The number of hydrogen-bond donors (Lipinski definition) is 1. The number of rotatable bonds is 9. The highest BCUT2D eigenvalue weighted by molar-refractivity contribution is 5.80. The van der Waals surface area contributed by atoms with Gasteiger partial charge in [-0.25, -0.2) is 4.98 Å². The summed E-state index contributed by atoms with van der Waals surface area (Å²) in [5.41, 5.74) is -0.590. The highest BCUT2D eigenvalue weighted by atomic mass is 16.5. The van der Waals surface area contributed by atoms with E-state index in [1.165, 1.54) is 6.33 Å². The van der Waals surface area contributed by atoms with Crippen LogP contribution in [0.15, 0.2) is 12.7 Å². The van der Waals surface area contributed by atoms with Gasteiger partial charge in [0.25, 0.3) is 0 Å². The smallest absolute Gasteiger partial charge is 0.326 e. The van der Waals surface area contributed by atoms with Gasteiger partial charge < -0.3 is 10.1 Å². The van der Waals surface area contributed by atoms with Crippen LogP contribution in [0.3, 0.4) is 0 Å². The topological polar surface area (TPSA) is 69.0 Å². The van der Waals surface area contributed by atoms with Crippen molar-refractivity contribution in [2.75, 3.05) is 13.2 Å². The first kappa shape index (κ1) is 15.6. The molecule has 1 aromatic rings. The number of nitrogens with zero attached hydrogens (tertiary/aromatic N) is 3. The number of ether oxygens (including phenoxy) is 1. The molecule has 0 fully saturated rings. The van der Waals surface area contributed by atoms with E-state index in [9.17, 15) is 4.79 Å². The van der Waals surface area contributed by atoms with Gasteiger partial charge >= 0.3 is 5.97 Å². The molecule has 108 valence electrons. The van der Waals surface area contributed by atoms with Crippen LogP contribution in [-0.2, 0) is 16.1 Å². The summed E-state index contributed by atoms with van der Waals surface area (Å²) in [4.78, 5) is 15.9. The fourth-order valence-electron chi connectivity index (χ4n) is 2.04. The molecule has 0 saturated carbocycles. The van der Waals surface area contributed by atoms with Gasteiger partial charge in [-0.2, -0.15) is 5.10 Å². The summed E-state index contributed by atoms with van der Waals surface area (Å²) < 4.78 is 6.93. The minimum Gasteiger partial charge on any atom is -0.465 e. The van der Waals surface area contributed by atoms with Crippen LogP contribution in [0.2, 0.25) is 0 Å². The van der Waals surface area contributed by atoms with Crippen LogP contribution in [0.1, 0.15) is 40.0 Å². The van der Waals surface area contributed by atoms with E-state index in [1.54, 1.807) is 11.0 Å².